The number of anilines is 2. The summed E-state index contributed by atoms with van der Waals surface area (Å²) in [7, 11) is 0. The molecule has 2 aromatic rings. The second-order valence-electron chi connectivity index (χ2n) is 6.39. The van der Waals surface area contributed by atoms with E-state index in [1.54, 1.807) is 4.90 Å². The summed E-state index contributed by atoms with van der Waals surface area (Å²) in [4.78, 5) is 26.7. The lowest BCUT2D eigenvalue weighted by Gasteiger charge is -2.23. The molecule has 1 aromatic carbocycles. The fraction of sp³-hybridized carbons (Fsp3) is 0.444. The Hall–Kier alpha value is -2.28. The van der Waals surface area contributed by atoms with Crippen LogP contribution >= 0.6 is 11.3 Å². The first-order valence-corrected chi connectivity index (χ1v) is 9.31. The molecule has 1 N–H and O–H groups in total. The highest BCUT2D eigenvalue weighted by atomic mass is 32.1. The summed E-state index contributed by atoms with van der Waals surface area (Å²) >= 11 is 1.33. The number of nitrogens with zero attached hydrogens (tertiary/aromatic N) is 3. The van der Waals surface area contributed by atoms with E-state index in [0.717, 1.165) is 22.7 Å². The number of hydrogen-bond donors (Lipinski definition) is 1. The van der Waals surface area contributed by atoms with Crippen molar-refractivity contribution in [3.05, 3.63) is 34.8 Å². The van der Waals surface area contributed by atoms with Crippen LogP contribution in [0, 0.1) is 12.8 Å². The van der Waals surface area contributed by atoms with Crippen LogP contribution in [-0.2, 0) is 9.59 Å². The average Bonchev–Trinajstić information content (AvgIpc) is 3.19. The van der Waals surface area contributed by atoms with E-state index in [1.165, 1.54) is 11.3 Å². The van der Waals surface area contributed by atoms with Gasteiger partial charge >= 0.3 is 0 Å². The van der Waals surface area contributed by atoms with E-state index in [2.05, 4.69) is 35.4 Å². The largest absolute Gasteiger partial charge is 0.311 e. The topological polar surface area (TPSA) is 75.2 Å². The zero-order chi connectivity index (χ0) is 18.0. The molecule has 0 bridgehead atoms. The summed E-state index contributed by atoms with van der Waals surface area (Å²) in [6.45, 7) is 6.52. The molecule has 0 spiro atoms. The van der Waals surface area contributed by atoms with Gasteiger partial charge in [0.25, 0.3) is 0 Å². The first-order chi connectivity index (χ1) is 12.0. The maximum absolute atomic E-state index is 12.5. The Morgan fingerprint density at radius 3 is 2.84 bits per heavy atom. The van der Waals surface area contributed by atoms with Gasteiger partial charge in [-0.15, -0.1) is 10.2 Å². The summed E-state index contributed by atoms with van der Waals surface area (Å²) < 4.78 is 0. The smallest absolute Gasteiger partial charge is 0.231 e. The lowest BCUT2D eigenvalue weighted by atomic mass is 9.96. The molecule has 2 heterocycles. The van der Waals surface area contributed by atoms with Gasteiger partial charge in [-0.25, -0.2) is 0 Å². The number of carbonyl (C=O) groups excluding carboxylic acids is 2. The molecule has 1 saturated heterocycles. The van der Waals surface area contributed by atoms with Gasteiger partial charge in [0.2, 0.25) is 16.9 Å². The standard InChI is InChI=1S/C18H22N4O2S/c1-4-11(2)14-7-5-6-8-15(14)22-10-13(9-16(22)23)17(24)19-18-21-20-12(3)25-18/h5-8,11,13H,4,9-10H2,1-3H3,(H,19,21,24). The number of amides is 2. The number of hydrogen-bond acceptors (Lipinski definition) is 5. The van der Waals surface area contributed by atoms with Crippen molar-refractivity contribution in [1.29, 1.82) is 0 Å². The number of carbonyl (C=O) groups is 2. The third kappa shape index (κ3) is 3.71. The van der Waals surface area contributed by atoms with Crippen molar-refractivity contribution in [2.24, 2.45) is 5.92 Å². The third-order valence-corrected chi connectivity index (χ3v) is 5.38. The van der Waals surface area contributed by atoms with Gasteiger partial charge in [-0.05, 0) is 30.9 Å². The quantitative estimate of drug-likeness (QED) is 0.889. The number of benzene rings is 1. The molecular weight excluding hydrogens is 336 g/mol. The van der Waals surface area contributed by atoms with Crippen molar-refractivity contribution in [2.75, 3.05) is 16.8 Å². The highest BCUT2D eigenvalue weighted by Gasteiger charge is 2.36. The van der Waals surface area contributed by atoms with Gasteiger partial charge in [0.05, 0.1) is 5.92 Å². The number of nitrogens with one attached hydrogen (secondary N) is 1. The first-order valence-electron chi connectivity index (χ1n) is 8.49. The molecule has 2 unspecified atom stereocenters. The van der Waals surface area contributed by atoms with Gasteiger partial charge < -0.3 is 10.2 Å². The molecule has 0 radical (unpaired) electrons. The first kappa shape index (κ1) is 17.5. The second kappa shape index (κ2) is 7.31. The van der Waals surface area contributed by atoms with Gasteiger partial charge in [0.15, 0.2) is 0 Å². The summed E-state index contributed by atoms with van der Waals surface area (Å²) in [5.41, 5.74) is 2.07. The summed E-state index contributed by atoms with van der Waals surface area (Å²) in [5, 5.41) is 11.8. The SMILES string of the molecule is CCC(C)c1ccccc1N1CC(C(=O)Nc2nnc(C)s2)CC1=O. The van der Waals surface area contributed by atoms with Crippen LogP contribution < -0.4 is 10.2 Å². The Bertz CT molecular complexity index is 789. The number of rotatable bonds is 5. The minimum Gasteiger partial charge on any atom is -0.311 e. The fourth-order valence-electron chi connectivity index (χ4n) is 3.04. The molecule has 25 heavy (non-hydrogen) atoms. The van der Waals surface area contributed by atoms with Crippen molar-refractivity contribution in [2.45, 2.75) is 39.5 Å². The van der Waals surface area contributed by atoms with E-state index in [-0.39, 0.29) is 24.2 Å². The predicted molar refractivity (Wildman–Crippen MR) is 98.9 cm³/mol. The monoisotopic (exact) mass is 358 g/mol. The van der Waals surface area contributed by atoms with Crippen molar-refractivity contribution >= 4 is 34.0 Å². The lowest BCUT2D eigenvalue weighted by Crippen LogP contribution is -2.29. The molecule has 2 atom stereocenters. The molecular formula is C18H22N4O2S. The van der Waals surface area contributed by atoms with Gasteiger partial charge in [-0.1, -0.05) is 43.4 Å². The molecule has 6 nitrogen and oxygen atoms in total. The van der Waals surface area contributed by atoms with Gasteiger partial charge in [0.1, 0.15) is 5.01 Å². The lowest BCUT2D eigenvalue weighted by molar-refractivity contribution is -0.122. The Morgan fingerprint density at radius 1 is 1.40 bits per heavy atom. The molecule has 132 valence electrons. The normalized spacial score (nSPS) is 18.4. The maximum Gasteiger partial charge on any atom is 0.231 e. The minimum absolute atomic E-state index is 0.00986. The zero-order valence-corrected chi connectivity index (χ0v) is 15.5. The zero-order valence-electron chi connectivity index (χ0n) is 14.7. The number of aryl methyl sites for hydroxylation is 1. The molecule has 7 heteroatoms. The van der Waals surface area contributed by atoms with E-state index in [0.29, 0.717) is 17.6 Å². The van der Waals surface area contributed by atoms with E-state index < -0.39 is 0 Å². The summed E-state index contributed by atoms with van der Waals surface area (Å²) in [5.74, 6) is -0.194. The molecule has 0 aliphatic carbocycles. The predicted octanol–water partition coefficient (Wildman–Crippen LogP) is 3.35. The van der Waals surface area contributed by atoms with Gasteiger partial charge in [0, 0.05) is 18.7 Å². The Morgan fingerprint density at radius 2 is 2.16 bits per heavy atom. The van der Waals surface area contributed by atoms with E-state index >= 15 is 0 Å². The van der Waals surface area contributed by atoms with Crippen LogP contribution in [0.15, 0.2) is 24.3 Å². The minimum atomic E-state index is -0.373. The van der Waals surface area contributed by atoms with Crippen molar-refractivity contribution < 1.29 is 9.59 Å². The average molecular weight is 358 g/mol. The third-order valence-electron chi connectivity index (χ3n) is 4.62. The van der Waals surface area contributed by atoms with Crippen molar-refractivity contribution in [1.82, 2.24) is 10.2 Å². The Labute approximate surface area is 151 Å². The molecule has 1 aliphatic heterocycles. The van der Waals surface area contributed by atoms with Crippen LogP contribution in [0.4, 0.5) is 10.8 Å². The van der Waals surface area contributed by atoms with Crippen LogP contribution in [0.25, 0.3) is 0 Å². The Kier molecular flexibility index (Phi) is 5.13. The maximum atomic E-state index is 12.5. The highest BCUT2D eigenvalue weighted by Crippen LogP contribution is 2.33. The van der Waals surface area contributed by atoms with Crippen molar-refractivity contribution in [3.8, 4) is 0 Å². The van der Waals surface area contributed by atoms with Gasteiger partial charge in [-0.2, -0.15) is 0 Å². The summed E-state index contributed by atoms with van der Waals surface area (Å²) in [6.07, 6.45) is 1.22. The van der Waals surface area contributed by atoms with Crippen LogP contribution in [-0.4, -0.2) is 28.6 Å². The summed E-state index contributed by atoms with van der Waals surface area (Å²) in [6, 6.07) is 7.96. The van der Waals surface area contributed by atoms with Gasteiger partial charge in [-0.3, -0.25) is 9.59 Å². The van der Waals surface area contributed by atoms with E-state index in [9.17, 15) is 9.59 Å². The molecule has 1 aliphatic rings. The molecule has 2 amide bonds. The molecule has 1 aromatic heterocycles. The van der Waals surface area contributed by atoms with E-state index in [1.807, 2.05) is 25.1 Å². The van der Waals surface area contributed by atoms with Crippen LogP contribution in [0.5, 0.6) is 0 Å². The number of para-hydroxylation sites is 1. The van der Waals surface area contributed by atoms with Crippen LogP contribution in [0.3, 0.4) is 0 Å². The van der Waals surface area contributed by atoms with E-state index in [4.69, 9.17) is 0 Å². The molecule has 1 fully saturated rings. The van der Waals surface area contributed by atoms with Crippen LogP contribution in [0.1, 0.15) is 43.2 Å². The molecule has 0 saturated carbocycles. The number of aromatic nitrogens is 2. The van der Waals surface area contributed by atoms with Crippen LogP contribution in [0.2, 0.25) is 0 Å². The molecule has 3 rings (SSSR count). The second-order valence-corrected chi connectivity index (χ2v) is 7.57. The fourth-order valence-corrected chi connectivity index (χ4v) is 3.64. The highest BCUT2D eigenvalue weighted by molar-refractivity contribution is 7.15. The Balaban J connectivity index is 1.76. The van der Waals surface area contributed by atoms with Crippen molar-refractivity contribution in [3.63, 3.8) is 0 Å².